The van der Waals surface area contributed by atoms with Gasteiger partial charge in [-0.15, -0.1) is 0 Å². The summed E-state index contributed by atoms with van der Waals surface area (Å²) in [5.41, 5.74) is 6.54. The quantitative estimate of drug-likeness (QED) is 0.710. The maximum absolute atomic E-state index is 10.8. The molecule has 5 heteroatoms. The van der Waals surface area contributed by atoms with E-state index in [1.807, 2.05) is 0 Å². The fourth-order valence-corrected chi connectivity index (χ4v) is 1.33. The van der Waals surface area contributed by atoms with Crippen LogP contribution in [0.3, 0.4) is 0 Å². The Kier molecular flexibility index (Phi) is 2.67. The van der Waals surface area contributed by atoms with E-state index < -0.39 is 11.9 Å². The van der Waals surface area contributed by atoms with Crippen molar-refractivity contribution >= 4 is 5.97 Å². The SMILES string of the molecule is Cc1noc(C)c1C(CN)C(=O)O. The van der Waals surface area contributed by atoms with E-state index in [0.717, 1.165) is 0 Å². The molecule has 1 rings (SSSR count). The molecule has 0 aliphatic heterocycles. The van der Waals surface area contributed by atoms with Gasteiger partial charge in [0.2, 0.25) is 0 Å². The molecule has 0 fully saturated rings. The second-order valence-electron chi connectivity index (χ2n) is 2.86. The summed E-state index contributed by atoms with van der Waals surface area (Å²) in [5, 5.41) is 12.5. The van der Waals surface area contributed by atoms with Crippen LogP contribution in [-0.2, 0) is 4.79 Å². The third kappa shape index (κ3) is 1.70. The average Bonchev–Trinajstić information content (AvgIpc) is 2.36. The van der Waals surface area contributed by atoms with Crippen LogP contribution in [-0.4, -0.2) is 22.8 Å². The monoisotopic (exact) mass is 184 g/mol. The van der Waals surface area contributed by atoms with Crippen molar-refractivity contribution in [3.63, 3.8) is 0 Å². The minimum absolute atomic E-state index is 0.0538. The second kappa shape index (κ2) is 3.57. The van der Waals surface area contributed by atoms with E-state index in [4.69, 9.17) is 15.4 Å². The number of carbonyl (C=O) groups is 1. The molecule has 5 nitrogen and oxygen atoms in total. The molecular weight excluding hydrogens is 172 g/mol. The molecule has 1 aromatic rings. The van der Waals surface area contributed by atoms with Gasteiger partial charge in [0.15, 0.2) is 0 Å². The van der Waals surface area contributed by atoms with E-state index in [-0.39, 0.29) is 6.54 Å². The smallest absolute Gasteiger partial charge is 0.312 e. The molecule has 72 valence electrons. The Balaban J connectivity index is 3.10. The van der Waals surface area contributed by atoms with E-state index in [1.54, 1.807) is 13.8 Å². The zero-order valence-electron chi connectivity index (χ0n) is 7.57. The van der Waals surface area contributed by atoms with Crippen LogP contribution in [0.2, 0.25) is 0 Å². The Morgan fingerprint density at radius 1 is 1.69 bits per heavy atom. The first-order valence-corrected chi connectivity index (χ1v) is 3.93. The molecule has 0 radical (unpaired) electrons. The largest absolute Gasteiger partial charge is 0.481 e. The molecule has 0 aromatic carbocycles. The average molecular weight is 184 g/mol. The van der Waals surface area contributed by atoms with Gasteiger partial charge in [-0.25, -0.2) is 0 Å². The van der Waals surface area contributed by atoms with Crippen LogP contribution in [0, 0.1) is 13.8 Å². The van der Waals surface area contributed by atoms with Gasteiger partial charge in [-0.2, -0.15) is 0 Å². The van der Waals surface area contributed by atoms with Gasteiger partial charge >= 0.3 is 5.97 Å². The fourth-order valence-electron chi connectivity index (χ4n) is 1.33. The summed E-state index contributed by atoms with van der Waals surface area (Å²) in [6.07, 6.45) is 0. The molecule has 1 heterocycles. The Morgan fingerprint density at radius 2 is 2.31 bits per heavy atom. The first-order chi connectivity index (χ1) is 6.07. The molecular formula is C8H12N2O3. The van der Waals surface area contributed by atoms with Crippen molar-refractivity contribution in [3.8, 4) is 0 Å². The van der Waals surface area contributed by atoms with E-state index in [1.165, 1.54) is 0 Å². The molecule has 0 saturated heterocycles. The summed E-state index contributed by atoms with van der Waals surface area (Å²) in [4.78, 5) is 10.8. The number of nitrogens with two attached hydrogens (primary N) is 1. The summed E-state index contributed by atoms with van der Waals surface area (Å²) in [6, 6.07) is 0. The lowest BCUT2D eigenvalue weighted by Gasteiger charge is -2.07. The number of rotatable bonds is 3. The topological polar surface area (TPSA) is 89.4 Å². The molecule has 1 unspecified atom stereocenters. The number of aryl methyl sites for hydroxylation is 2. The highest BCUT2D eigenvalue weighted by Crippen LogP contribution is 2.22. The third-order valence-corrected chi connectivity index (χ3v) is 1.97. The molecule has 0 aliphatic carbocycles. The lowest BCUT2D eigenvalue weighted by molar-refractivity contribution is -0.138. The van der Waals surface area contributed by atoms with Gasteiger partial charge in [-0.1, -0.05) is 5.16 Å². The maximum Gasteiger partial charge on any atom is 0.312 e. The van der Waals surface area contributed by atoms with Gasteiger partial charge in [0, 0.05) is 12.1 Å². The Morgan fingerprint density at radius 3 is 2.62 bits per heavy atom. The molecule has 0 saturated carbocycles. The Hall–Kier alpha value is -1.36. The summed E-state index contributed by atoms with van der Waals surface area (Å²) in [5.74, 6) is -1.14. The van der Waals surface area contributed by atoms with E-state index in [0.29, 0.717) is 17.0 Å². The Bertz CT molecular complexity index is 300. The second-order valence-corrected chi connectivity index (χ2v) is 2.86. The van der Waals surface area contributed by atoms with Gasteiger partial charge in [0.05, 0.1) is 11.6 Å². The van der Waals surface area contributed by atoms with Crippen molar-refractivity contribution in [3.05, 3.63) is 17.0 Å². The van der Waals surface area contributed by atoms with Crippen molar-refractivity contribution in [1.82, 2.24) is 5.16 Å². The Labute approximate surface area is 75.5 Å². The fraction of sp³-hybridized carbons (Fsp3) is 0.500. The maximum atomic E-state index is 10.8. The zero-order valence-corrected chi connectivity index (χ0v) is 7.57. The standard InChI is InChI=1S/C8H12N2O3/c1-4-7(5(2)13-10-4)6(3-9)8(11)12/h6H,3,9H2,1-2H3,(H,11,12). The third-order valence-electron chi connectivity index (χ3n) is 1.97. The number of hydrogen-bond acceptors (Lipinski definition) is 4. The molecule has 1 aromatic heterocycles. The zero-order chi connectivity index (χ0) is 10.0. The minimum Gasteiger partial charge on any atom is -0.481 e. The van der Waals surface area contributed by atoms with Crippen LogP contribution in [0.1, 0.15) is 22.9 Å². The lowest BCUT2D eigenvalue weighted by atomic mass is 9.98. The van der Waals surface area contributed by atoms with Gasteiger partial charge in [0.25, 0.3) is 0 Å². The van der Waals surface area contributed by atoms with Crippen molar-refractivity contribution in [2.75, 3.05) is 6.54 Å². The van der Waals surface area contributed by atoms with Crippen molar-refractivity contribution in [1.29, 1.82) is 0 Å². The first-order valence-electron chi connectivity index (χ1n) is 3.93. The van der Waals surface area contributed by atoms with Crippen molar-refractivity contribution in [2.24, 2.45) is 5.73 Å². The number of carboxylic acid groups (broad SMARTS) is 1. The molecule has 13 heavy (non-hydrogen) atoms. The van der Waals surface area contributed by atoms with E-state index >= 15 is 0 Å². The normalized spacial score (nSPS) is 12.8. The predicted octanol–water partition coefficient (Wildman–Crippen LogP) is 0.418. The number of carboxylic acids is 1. The van der Waals surface area contributed by atoms with Gasteiger partial charge in [-0.3, -0.25) is 4.79 Å². The predicted molar refractivity (Wildman–Crippen MR) is 45.4 cm³/mol. The van der Waals surface area contributed by atoms with E-state index in [9.17, 15) is 4.79 Å². The molecule has 1 atom stereocenters. The molecule has 3 N–H and O–H groups in total. The summed E-state index contributed by atoms with van der Waals surface area (Å²) in [6.45, 7) is 3.44. The molecule has 0 aliphatic rings. The highest BCUT2D eigenvalue weighted by atomic mass is 16.5. The van der Waals surface area contributed by atoms with Crippen LogP contribution < -0.4 is 5.73 Å². The molecule has 0 amide bonds. The highest BCUT2D eigenvalue weighted by Gasteiger charge is 2.25. The number of nitrogens with zero attached hydrogens (tertiary/aromatic N) is 1. The van der Waals surface area contributed by atoms with Crippen LogP contribution in [0.4, 0.5) is 0 Å². The summed E-state index contributed by atoms with van der Waals surface area (Å²) < 4.78 is 4.86. The molecule has 0 bridgehead atoms. The van der Waals surface area contributed by atoms with E-state index in [2.05, 4.69) is 5.16 Å². The minimum atomic E-state index is -0.947. The summed E-state index contributed by atoms with van der Waals surface area (Å²) >= 11 is 0. The highest BCUT2D eigenvalue weighted by molar-refractivity contribution is 5.77. The molecule has 0 spiro atoms. The summed E-state index contributed by atoms with van der Waals surface area (Å²) in [7, 11) is 0. The van der Waals surface area contributed by atoms with Gasteiger partial charge in [-0.05, 0) is 13.8 Å². The van der Waals surface area contributed by atoms with Crippen LogP contribution in [0.15, 0.2) is 4.52 Å². The van der Waals surface area contributed by atoms with Gasteiger partial charge in [0.1, 0.15) is 5.76 Å². The van der Waals surface area contributed by atoms with Crippen molar-refractivity contribution in [2.45, 2.75) is 19.8 Å². The lowest BCUT2D eigenvalue weighted by Crippen LogP contribution is -2.22. The van der Waals surface area contributed by atoms with Gasteiger partial charge < -0.3 is 15.4 Å². The van der Waals surface area contributed by atoms with Crippen LogP contribution in [0.25, 0.3) is 0 Å². The van der Waals surface area contributed by atoms with Crippen molar-refractivity contribution < 1.29 is 14.4 Å². The van der Waals surface area contributed by atoms with Crippen LogP contribution in [0.5, 0.6) is 0 Å². The number of hydrogen-bond donors (Lipinski definition) is 2. The number of aliphatic carboxylic acids is 1. The first kappa shape index (κ1) is 9.73. The number of aromatic nitrogens is 1. The van der Waals surface area contributed by atoms with Crippen LogP contribution >= 0.6 is 0 Å².